The van der Waals surface area contributed by atoms with Crippen LogP contribution in [0.5, 0.6) is 0 Å². The molecule has 2 aliphatic rings. The Morgan fingerprint density at radius 3 is 2.09 bits per heavy atom. The summed E-state index contributed by atoms with van der Waals surface area (Å²) in [4.78, 5) is 2.42. The van der Waals surface area contributed by atoms with E-state index in [0.29, 0.717) is 5.41 Å². The molecule has 2 rings (SSSR count). The molecule has 0 amide bonds. The van der Waals surface area contributed by atoms with E-state index in [-0.39, 0.29) is 21.1 Å². The summed E-state index contributed by atoms with van der Waals surface area (Å²) >= 11 is 0. The van der Waals surface area contributed by atoms with Crippen molar-refractivity contribution in [3.8, 4) is 0 Å². The zero-order chi connectivity index (χ0) is 7.03. The number of hydrogen-bond donors (Lipinski definition) is 0. The van der Waals surface area contributed by atoms with Gasteiger partial charge < -0.3 is 10.2 Å². The Labute approximate surface area is 83.0 Å². The third-order valence-corrected chi connectivity index (χ3v) is 2.94. The molecular formula is C8H15N2W-. The van der Waals surface area contributed by atoms with Crippen LogP contribution in [0.4, 0.5) is 0 Å². The Morgan fingerprint density at radius 1 is 1.18 bits per heavy atom. The van der Waals surface area contributed by atoms with Crippen LogP contribution >= 0.6 is 0 Å². The molecule has 2 aliphatic heterocycles. The van der Waals surface area contributed by atoms with Gasteiger partial charge in [0.2, 0.25) is 0 Å². The van der Waals surface area contributed by atoms with Crippen LogP contribution in [0.25, 0.3) is 5.32 Å². The first-order valence-electron chi connectivity index (χ1n) is 4.13. The molecule has 0 unspecified atom stereocenters. The standard InChI is InChI=1S/C8H15N2.W/c1-10-4-2-8(3-5-10)6-9-7-8;/h2-7H2,1H3;/q-1;. The second kappa shape index (κ2) is 3.55. The fourth-order valence-electron chi connectivity index (χ4n) is 1.84. The average Bonchev–Trinajstić information content (AvgIpc) is 1.86. The Hall–Kier alpha value is 0.608. The maximum absolute atomic E-state index is 4.30. The minimum Gasteiger partial charge on any atom is -0.661 e. The number of likely N-dealkylation sites (tertiary alicyclic amines) is 1. The van der Waals surface area contributed by atoms with Crippen molar-refractivity contribution < 1.29 is 21.1 Å². The number of piperidine rings is 1. The molecule has 2 heterocycles. The van der Waals surface area contributed by atoms with Gasteiger partial charge in [0.25, 0.3) is 0 Å². The largest absolute Gasteiger partial charge is 0.661 e. The molecule has 64 valence electrons. The molecule has 11 heavy (non-hydrogen) atoms. The SMILES string of the molecule is CN1CCC2(CC1)C[N-]C2.[W]. The zero-order valence-electron chi connectivity index (χ0n) is 7.05. The Balaban J connectivity index is 0.000000605. The maximum Gasteiger partial charge on any atom is 0 e. The first kappa shape index (κ1) is 9.69. The van der Waals surface area contributed by atoms with Crippen LogP contribution in [0.1, 0.15) is 12.8 Å². The van der Waals surface area contributed by atoms with Crippen LogP contribution < -0.4 is 0 Å². The van der Waals surface area contributed by atoms with Gasteiger partial charge in [0.05, 0.1) is 0 Å². The van der Waals surface area contributed by atoms with Crippen molar-refractivity contribution in [3.05, 3.63) is 5.32 Å². The molecule has 1 spiro atoms. The molecule has 0 aliphatic carbocycles. The summed E-state index contributed by atoms with van der Waals surface area (Å²) in [5.74, 6) is 0. The van der Waals surface area contributed by atoms with Gasteiger partial charge in [-0.2, -0.15) is 0 Å². The summed E-state index contributed by atoms with van der Waals surface area (Å²) < 4.78 is 0. The van der Waals surface area contributed by atoms with E-state index < -0.39 is 0 Å². The van der Waals surface area contributed by atoms with E-state index in [1.165, 1.54) is 25.9 Å². The van der Waals surface area contributed by atoms with Crippen LogP contribution in [0.3, 0.4) is 0 Å². The van der Waals surface area contributed by atoms with E-state index >= 15 is 0 Å². The van der Waals surface area contributed by atoms with E-state index in [1.807, 2.05) is 0 Å². The molecule has 0 aromatic heterocycles. The summed E-state index contributed by atoms with van der Waals surface area (Å²) in [6, 6.07) is 0. The number of nitrogens with zero attached hydrogens (tertiary/aromatic N) is 2. The normalized spacial score (nSPS) is 29.2. The molecule has 0 atom stereocenters. The van der Waals surface area contributed by atoms with Crippen molar-refractivity contribution >= 4 is 0 Å². The second-order valence-electron chi connectivity index (χ2n) is 3.84. The summed E-state index contributed by atoms with van der Waals surface area (Å²) in [5.41, 5.74) is 0.673. The summed E-state index contributed by atoms with van der Waals surface area (Å²) in [5, 5.41) is 4.30. The van der Waals surface area contributed by atoms with Gasteiger partial charge in [0.1, 0.15) is 0 Å². The van der Waals surface area contributed by atoms with Crippen molar-refractivity contribution in [1.82, 2.24) is 4.90 Å². The molecule has 2 fully saturated rings. The summed E-state index contributed by atoms with van der Waals surface area (Å²) in [6.45, 7) is 4.88. The third-order valence-electron chi connectivity index (χ3n) is 2.94. The van der Waals surface area contributed by atoms with Gasteiger partial charge in [-0.1, -0.05) is 5.41 Å². The quantitative estimate of drug-likeness (QED) is 0.652. The van der Waals surface area contributed by atoms with Crippen molar-refractivity contribution in [2.75, 3.05) is 33.2 Å². The average molecular weight is 323 g/mol. The van der Waals surface area contributed by atoms with E-state index in [4.69, 9.17) is 0 Å². The predicted octanol–water partition coefficient (Wildman–Crippen LogP) is 1.08. The third kappa shape index (κ3) is 1.85. The monoisotopic (exact) mass is 323 g/mol. The molecule has 2 nitrogen and oxygen atoms in total. The van der Waals surface area contributed by atoms with Gasteiger partial charge in [0, 0.05) is 21.1 Å². The van der Waals surface area contributed by atoms with Crippen LogP contribution in [-0.4, -0.2) is 38.1 Å². The molecular weight excluding hydrogens is 308 g/mol. The molecule has 0 radical (unpaired) electrons. The van der Waals surface area contributed by atoms with Crippen LogP contribution in [0.2, 0.25) is 0 Å². The number of rotatable bonds is 0. The fraction of sp³-hybridized carbons (Fsp3) is 1.00. The number of hydrogen-bond acceptors (Lipinski definition) is 1. The Morgan fingerprint density at radius 2 is 1.73 bits per heavy atom. The van der Waals surface area contributed by atoms with Crippen molar-refractivity contribution in [2.45, 2.75) is 12.8 Å². The van der Waals surface area contributed by atoms with Gasteiger partial charge in [-0.15, -0.1) is 13.1 Å². The van der Waals surface area contributed by atoms with Crippen LogP contribution in [0.15, 0.2) is 0 Å². The summed E-state index contributed by atoms with van der Waals surface area (Å²) in [7, 11) is 2.21. The van der Waals surface area contributed by atoms with Crippen molar-refractivity contribution in [3.63, 3.8) is 0 Å². The Kier molecular flexibility index (Phi) is 3.13. The molecule has 0 saturated carbocycles. The van der Waals surface area contributed by atoms with E-state index in [2.05, 4.69) is 17.3 Å². The van der Waals surface area contributed by atoms with E-state index in [0.717, 1.165) is 13.1 Å². The zero-order valence-corrected chi connectivity index (χ0v) is 9.98. The van der Waals surface area contributed by atoms with Crippen LogP contribution in [-0.2, 0) is 21.1 Å². The minimum absolute atomic E-state index is 0. The first-order valence-corrected chi connectivity index (χ1v) is 4.13. The smallest absolute Gasteiger partial charge is 0 e. The van der Waals surface area contributed by atoms with E-state index in [1.54, 1.807) is 0 Å². The van der Waals surface area contributed by atoms with E-state index in [9.17, 15) is 0 Å². The molecule has 3 heteroatoms. The predicted molar refractivity (Wildman–Crippen MR) is 42.3 cm³/mol. The van der Waals surface area contributed by atoms with Gasteiger partial charge in [-0.05, 0) is 33.0 Å². The molecule has 0 N–H and O–H groups in total. The van der Waals surface area contributed by atoms with Gasteiger partial charge >= 0.3 is 0 Å². The molecule has 0 aromatic rings. The molecule has 2 saturated heterocycles. The second-order valence-corrected chi connectivity index (χ2v) is 3.84. The van der Waals surface area contributed by atoms with Gasteiger partial charge in [-0.3, -0.25) is 0 Å². The molecule has 0 aromatic carbocycles. The van der Waals surface area contributed by atoms with Crippen molar-refractivity contribution in [1.29, 1.82) is 0 Å². The van der Waals surface area contributed by atoms with Crippen LogP contribution in [0, 0.1) is 5.41 Å². The minimum atomic E-state index is 0. The van der Waals surface area contributed by atoms with Crippen molar-refractivity contribution in [2.24, 2.45) is 5.41 Å². The van der Waals surface area contributed by atoms with Gasteiger partial charge in [-0.25, -0.2) is 0 Å². The fourth-order valence-corrected chi connectivity index (χ4v) is 1.84. The topological polar surface area (TPSA) is 17.3 Å². The summed E-state index contributed by atoms with van der Waals surface area (Å²) in [6.07, 6.45) is 2.76. The van der Waals surface area contributed by atoms with Gasteiger partial charge in [0.15, 0.2) is 0 Å². The maximum atomic E-state index is 4.30. The first-order chi connectivity index (χ1) is 4.81. The molecule has 0 bridgehead atoms. The Bertz CT molecular complexity index is 124.